The van der Waals surface area contributed by atoms with E-state index in [1.807, 2.05) is 0 Å². The molecule has 0 saturated carbocycles. The molecular weight excluding hydrogens is 821 g/mol. The molecule has 0 aliphatic heterocycles. The van der Waals surface area contributed by atoms with Gasteiger partial charge in [0.2, 0.25) is 0 Å². The lowest BCUT2D eigenvalue weighted by Gasteiger charge is -2.47. The fourth-order valence-corrected chi connectivity index (χ4v) is 308. The Bertz CT molecular complexity index is 344. The first-order valence-electron chi connectivity index (χ1n) is 6.01. The standard InChI is InChI=1S/H28OP26/c1-16(24(18(5)6)23(15-2)17(3)4)25(26(19(7)8)20(9)10)27(21(11)12)22(13)14/h1,15H,2-14H2. The Balaban J connectivity index is 6.36. The van der Waals surface area contributed by atoms with Crippen molar-refractivity contribution in [2.24, 2.45) is 0 Å². The van der Waals surface area contributed by atoms with Crippen LogP contribution in [0.1, 0.15) is 0 Å². The largest absolute Gasteiger partial charge is 0.363 e. The summed E-state index contributed by atoms with van der Waals surface area (Å²) >= 11 is 0. The van der Waals surface area contributed by atoms with Gasteiger partial charge in [0, 0.05) is 14.0 Å². The number of hydrogen-bond donors (Lipinski definition) is 1. The maximum atomic E-state index is 12.1. The van der Waals surface area contributed by atoms with Gasteiger partial charge in [0.25, 0.3) is 0 Å². The first kappa shape index (κ1) is 38.1. The van der Waals surface area contributed by atoms with Crippen LogP contribution in [-0.2, 0) is 0 Å². The van der Waals surface area contributed by atoms with Crippen molar-refractivity contribution in [1.82, 2.24) is 0 Å². The lowest BCUT2D eigenvalue weighted by molar-refractivity contribution is 0.655. The smallest absolute Gasteiger partial charge is 0.0930 e. The van der Waals surface area contributed by atoms with Crippen molar-refractivity contribution in [1.29, 1.82) is 0 Å². The van der Waals surface area contributed by atoms with Crippen molar-refractivity contribution < 1.29 is 4.89 Å². The van der Waals surface area contributed by atoms with Gasteiger partial charge in [0.15, 0.2) is 0 Å². The zero-order valence-electron chi connectivity index (χ0n) is 13.8. The van der Waals surface area contributed by atoms with Crippen LogP contribution >= 0.6 is 208 Å². The van der Waals surface area contributed by atoms with Crippen LogP contribution in [0.15, 0.2) is 0 Å². The normalized spacial score (nSPS) is 17.4. The Morgan fingerprint density at radius 1 is 0.444 bits per heavy atom. The highest BCUT2D eigenvalue weighted by atomic mass is 33.4. The predicted octanol–water partition coefficient (Wildman–Crippen LogP) is 14.6. The minimum absolute atomic E-state index is 0.0953. The van der Waals surface area contributed by atoms with Crippen LogP contribution in [0.5, 0.6) is 0 Å². The van der Waals surface area contributed by atoms with Gasteiger partial charge < -0.3 is 4.89 Å². The van der Waals surface area contributed by atoms with Gasteiger partial charge in [-0.05, 0) is 62.9 Å². The zero-order valence-corrected chi connectivity index (χ0v) is 40.6. The van der Waals surface area contributed by atoms with Crippen molar-refractivity contribution in [3.05, 3.63) is 0 Å². The number of rotatable bonds is 12. The molecule has 1 nitrogen and oxygen atoms in total. The van der Waals surface area contributed by atoms with E-state index in [9.17, 15) is 4.89 Å². The molecule has 27 heavy (non-hydrogen) atoms. The van der Waals surface area contributed by atoms with Crippen molar-refractivity contribution in [2.75, 3.05) is 0 Å². The van der Waals surface area contributed by atoms with Crippen molar-refractivity contribution >= 4 is 208 Å². The third-order valence-electron chi connectivity index (χ3n) is 2.18. The maximum Gasteiger partial charge on any atom is 0.0930 e. The first-order valence-corrected chi connectivity index (χ1v) is 52.9. The second-order valence-corrected chi connectivity index (χ2v) is 106. The molecule has 0 amide bonds. The van der Waals surface area contributed by atoms with E-state index >= 15 is 0 Å². The third kappa shape index (κ3) is 14.0. The summed E-state index contributed by atoms with van der Waals surface area (Å²) in [5, 5.41) is 0. The molecule has 0 aliphatic carbocycles. The SMILES string of the molecule is OP(P(P(P)P)P(PP)P(P)P)P(P(P(P)P)P(P)P)P(P(P)P)P(P)P. The molecule has 0 aromatic rings. The first-order chi connectivity index (χ1) is 12.3. The molecule has 0 aromatic heterocycles. The Kier molecular flexibility index (Phi) is 29.6. The fourth-order valence-electron chi connectivity index (χ4n) is 1.37. The van der Waals surface area contributed by atoms with E-state index in [1.165, 1.54) is 0 Å². The van der Waals surface area contributed by atoms with Gasteiger partial charge in [-0.3, -0.25) is 0 Å². The van der Waals surface area contributed by atoms with Crippen LogP contribution in [0.25, 0.3) is 0 Å². The van der Waals surface area contributed by atoms with Crippen LogP contribution in [0.4, 0.5) is 0 Å². The molecular formula is H28OP26. The molecule has 0 saturated heterocycles. The highest BCUT2D eigenvalue weighted by Crippen LogP contribution is 3.32. The molecule has 0 aliphatic rings. The van der Waals surface area contributed by atoms with E-state index in [-0.39, 0.29) is 76.9 Å². The maximum absolute atomic E-state index is 12.1. The summed E-state index contributed by atoms with van der Waals surface area (Å²) in [7, 11) is 40.5. The molecule has 0 heterocycles. The second kappa shape index (κ2) is 20.9. The average Bonchev–Trinajstić information content (AvgIpc) is 2.48. The summed E-state index contributed by atoms with van der Waals surface area (Å²) in [4.78, 5) is 12.1. The summed E-state index contributed by atoms with van der Waals surface area (Å²) < 4.78 is 0. The van der Waals surface area contributed by atoms with Crippen LogP contribution in [0, 0.1) is 0 Å². The van der Waals surface area contributed by atoms with Gasteiger partial charge >= 0.3 is 0 Å². The van der Waals surface area contributed by atoms with Crippen molar-refractivity contribution in [2.45, 2.75) is 0 Å². The van der Waals surface area contributed by atoms with E-state index < -0.39 is 7.53 Å². The summed E-state index contributed by atoms with van der Waals surface area (Å²) in [5.41, 5.74) is 0. The predicted molar refractivity (Wildman–Crippen MR) is 220 cm³/mol. The van der Waals surface area contributed by atoms with E-state index in [0.29, 0.717) is 0 Å². The summed E-state index contributed by atoms with van der Waals surface area (Å²) in [6.07, 6.45) is 0. The lowest BCUT2D eigenvalue weighted by atomic mass is 15.9. The minimum atomic E-state index is -0.889. The van der Waals surface area contributed by atoms with Crippen LogP contribution in [0.3, 0.4) is 0 Å². The Morgan fingerprint density at radius 3 is 0.926 bits per heavy atom. The van der Waals surface area contributed by atoms with Gasteiger partial charge in [-0.25, -0.2) is 0 Å². The van der Waals surface area contributed by atoms with E-state index in [4.69, 9.17) is 0 Å². The Hall–Kier alpha value is 11.1. The zero-order chi connectivity index (χ0) is 21.6. The highest BCUT2D eigenvalue weighted by molar-refractivity contribution is 9.36. The van der Waals surface area contributed by atoms with Gasteiger partial charge in [-0.2, -0.15) is 0 Å². The molecule has 27 heteroatoms. The van der Waals surface area contributed by atoms with Crippen LogP contribution < -0.4 is 0 Å². The van der Waals surface area contributed by atoms with Gasteiger partial charge in [0.05, 0.1) is 7.53 Å². The molecule has 0 bridgehead atoms. The molecule has 0 rings (SSSR count). The Morgan fingerprint density at radius 2 is 0.741 bits per heavy atom. The van der Waals surface area contributed by atoms with Gasteiger partial charge in [-0.1, -0.05) is 7.96 Å². The summed E-state index contributed by atoms with van der Waals surface area (Å²) in [6, 6.07) is 0. The molecule has 0 spiro atoms. The van der Waals surface area contributed by atoms with E-state index in [2.05, 4.69) is 116 Å². The van der Waals surface area contributed by atoms with Gasteiger partial charge in [0.1, 0.15) is 0 Å². The number of hydrogen-bond acceptors (Lipinski definition) is 1. The van der Waals surface area contributed by atoms with Crippen molar-refractivity contribution in [3.63, 3.8) is 0 Å². The Labute approximate surface area is 211 Å². The summed E-state index contributed by atoms with van der Waals surface area (Å²) in [6.45, 7) is -2.05. The molecule has 0 fully saturated rings. The second-order valence-electron chi connectivity index (χ2n) is 4.04. The van der Waals surface area contributed by atoms with Crippen LogP contribution in [0.2, 0.25) is 0 Å². The molecule has 1 N–H and O–H groups in total. The minimum Gasteiger partial charge on any atom is -0.363 e. The third-order valence-corrected chi connectivity index (χ3v) is 168. The van der Waals surface area contributed by atoms with Gasteiger partial charge in [-0.15, -0.1) is 116 Å². The fraction of sp³-hybridized carbons (Fsp3) is 0. The highest BCUT2D eigenvalue weighted by Gasteiger charge is 2.47. The van der Waals surface area contributed by atoms with E-state index in [0.717, 1.165) is 7.96 Å². The molecule has 17 atom stereocenters. The average molecular weight is 850 g/mol. The monoisotopic (exact) mass is 850 g/mol. The topological polar surface area (TPSA) is 20.2 Å². The van der Waals surface area contributed by atoms with E-state index in [1.54, 1.807) is 0 Å². The quantitative estimate of drug-likeness (QED) is 0.194. The molecule has 17 unspecified atom stereocenters. The molecule has 164 valence electrons. The molecule has 0 radical (unpaired) electrons. The van der Waals surface area contributed by atoms with Crippen LogP contribution in [-0.4, -0.2) is 4.89 Å². The lowest BCUT2D eigenvalue weighted by Crippen LogP contribution is -1.65. The van der Waals surface area contributed by atoms with Crippen molar-refractivity contribution in [3.8, 4) is 0 Å². The summed E-state index contributed by atoms with van der Waals surface area (Å²) in [5.74, 6) is 0. The molecule has 0 aromatic carbocycles.